The predicted octanol–water partition coefficient (Wildman–Crippen LogP) is 1.97. The fourth-order valence-corrected chi connectivity index (χ4v) is 1.27. The summed E-state index contributed by atoms with van der Waals surface area (Å²) in [6.07, 6.45) is 1.15. The molecule has 14 heavy (non-hydrogen) atoms. The minimum Gasteiger partial charge on any atom is -0.496 e. The van der Waals surface area contributed by atoms with Crippen LogP contribution in [0, 0.1) is 0 Å². The average molecular weight is 216 g/mol. The first-order chi connectivity index (χ1) is 6.53. The quantitative estimate of drug-likeness (QED) is 0.725. The summed E-state index contributed by atoms with van der Waals surface area (Å²) in [6, 6.07) is 6.72. The summed E-state index contributed by atoms with van der Waals surface area (Å²) >= 11 is 0. The molecule has 0 aliphatic carbocycles. The largest absolute Gasteiger partial charge is 0.496 e. The standard InChI is InChI=1S/C9H9FO3S/c1-13-9-5-3-2-4-8(9)6-7-14(10,11)12/h2-7H,1H3/b7-6+. The fraction of sp³-hybridized carbons (Fsp3) is 0.111. The van der Waals surface area contributed by atoms with Crippen molar-refractivity contribution in [2.45, 2.75) is 0 Å². The number of ether oxygens (including phenoxy) is 1. The van der Waals surface area contributed by atoms with Crippen LogP contribution in [0.25, 0.3) is 6.08 Å². The summed E-state index contributed by atoms with van der Waals surface area (Å²) in [4.78, 5) is 0. The van der Waals surface area contributed by atoms with Gasteiger partial charge < -0.3 is 4.74 Å². The second kappa shape index (κ2) is 4.23. The Labute approximate surface area is 82.0 Å². The SMILES string of the molecule is COc1ccccc1/C=C/S(=O)(=O)F. The van der Waals surface area contributed by atoms with Crippen LogP contribution in [0.1, 0.15) is 5.56 Å². The smallest absolute Gasteiger partial charge is 0.325 e. The van der Waals surface area contributed by atoms with Gasteiger partial charge in [-0.25, -0.2) is 0 Å². The first-order valence-electron chi connectivity index (χ1n) is 3.79. The molecule has 0 fully saturated rings. The zero-order chi connectivity index (χ0) is 10.6. The molecular formula is C9H9FO3S. The summed E-state index contributed by atoms with van der Waals surface area (Å²) in [5.41, 5.74) is 0.510. The molecule has 0 N–H and O–H groups in total. The lowest BCUT2D eigenvalue weighted by atomic mass is 10.2. The molecule has 0 atom stereocenters. The number of para-hydroxylation sites is 1. The van der Waals surface area contributed by atoms with E-state index in [9.17, 15) is 12.3 Å². The molecule has 0 aliphatic heterocycles. The van der Waals surface area contributed by atoms with Crippen LogP contribution < -0.4 is 4.74 Å². The average Bonchev–Trinajstić information content (AvgIpc) is 2.14. The summed E-state index contributed by atoms with van der Waals surface area (Å²) < 4.78 is 37.5. The number of benzene rings is 1. The first kappa shape index (κ1) is 10.7. The van der Waals surface area contributed by atoms with Crippen LogP contribution >= 0.6 is 0 Å². The Morgan fingerprint density at radius 3 is 2.57 bits per heavy atom. The molecule has 0 heterocycles. The van der Waals surface area contributed by atoms with Crippen molar-refractivity contribution in [1.29, 1.82) is 0 Å². The van der Waals surface area contributed by atoms with Gasteiger partial charge in [0.1, 0.15) is 5.75 Å². The maximum absolute atomic E-state index is 12.2. The van der Waals surface area contributed by atoms with Crippen LogP contribution in [-0.4, -0.2) is 15.5 Å². The highest BCUT2D eigenvalue weighted by Gasteiger charge is 2.01. The zero-order valence-electron chi connectivity index (χ0n) is 7.48. The van der Waals surface area contributed by atoms with E-state index in [0.717, 1.165) is 6.08 Å². The van der Waals surface area contributed by atoms with Gasteiger partial charge in [0, 0.05) is 5.56 Å². The van der Waals surface area contributed by atoms with Crippen LogP contribution in [0.5, 0.6) is 5.75 Å². The molecule has 3 nitrogen and oxygen atoms in total. The molecule has 5 heteroatoms. The second-order valence-electron chi connectivity index (χ2n) is 2.52. The van der Waals surface area contributed by atoms with E-state index in [0.29, 0.717) is 16.7 Å². The molecule has 1 aromatic carbocycles. The molecule has 0 unspecified atom stereocenters. The third-order valence-corrected chi connectivity index (χ3v) is 2.01. The van der Waals surface area contributed by atoms with E-state index in [1.807, 2.05) is 0 Å². The van der Waals surface area contributed by atoms with Crippen molar-refractivity contribution in [2.75, 3.05) is 7.11 Å². The molecule has 0 radical (unpaired) electrons. The van der Waals surface area contributed by atoms with Crippen molar-refractivity contribution in [3.63, 3.8) is 0 Å². The van der Waals surface area contributed by atoms with Gasteiger partial charge in [-0.2, -0.15) is 8.42 Å². The molecule has 0 saturated heterocycles. The normalized spacial score (nSPS) is 11.9. The van der Waals surface area contributed by atoms with Crippen molar-refractivity contribution in [3.8, 4) is 5.75 Å². The van der Waals surface area contributed by atoms with Gasteiger partial charge in [0.2, 0.25) is 0 Å². The molecule has 1 rings (SSSR count). The van der Waals surface area contributed by atoms with E-state index in [2.05, 4.69) is 0 Å². The van der Waals surface area contributed by atoms with Gasteiger partial charge in [0.15, 0.2) is 0 Å². The van der Waals surface area contributed by atoms with E-state index in [1.165, 1.54) is 7.11 Å². The van der Waals surface area contributed by atoms with Crippen molar-refractivity contribution < 1.29 is 17.0 Å². The van der Waals surface area contributed by atoms with Gasteiger partial charge in [0.05, 0.1) is 12.5 Å². The molecule has 0 amide bonds. The summed E-state index contributed by atoms with van der Waals surface area (Å²) in [6.45, 7) is 0. The fourth-order valence-electron chi connectivity index (χ4n) is 0.959. The highest BCUT2D eigenvalue weighted by atomic mass is 32.3. The molecule has 0 spiro atoms. The Morgan fingerprint density at radius 1 is 1.36 bits per heavy atom. The molecule has 0 aromatic heterocycles. The maximum atomic E-state index is 12.2. The topological polar surface area (TPSA) is 43.4 Å². The molecule has 0 bridgehead atoms. The monoisotopic (exact) mass is 216 g/mol. The minimum atomic E-state index is -4.58. The number of hydrogen-bond donors (Lipinski definition) is 0. The lowest BCUT2D eigenvalue weighted by Gasteiger charge is -2.02. The van der Waals surface area contributed by atoms with Gasteiger partial charge in [-0.15, -0.1) is 3.89 Å². The number of rotatable bonds is 3. The summed E-state index contributed by atoms with van der Waals surface area (Å²) in [5, 5.41) is 0.491. The lowest BCUT2D eigenvalue weighted by molar-refractivity contribution is 0.414. The van der Waals surface area contributed by atoms with E-state index in [1.54, 1.807) is 24.3 Å². The van der Waals surface area contributed by atoms with Crippen molar-refractivity contribution >= 4 is 16.3 Å². The van der Waals surface area contributed by atoms with Crippen LogP contribution in [-0.2, 0) is 10.2 Å². The Bertz CT molecular complexity index is 437. The van der Waals surface area contributed by atoms with E-state index in [-0.39, 0.29) is 0 Å². The Balaban J connectivity index is 3.03. The van der Waals surface area contributed by atoms with Crippen LogP contribution in [0.2, 0.25) is 0 Å². The van der Waals surface area contributed by atoms with Crippen LogP contribution in [0.3, 0.4) is 0 Å². The maximum Gasteiger partial charge on any atom is 0.325 e. The molecule has 1 aromatic rings. The zero-order valence-corrected chi connectivity index (χ0v) is 8.29. The highest BCUT2D eigenvalue weighted by molar-refractivity contribution is 7.89. The summed E-state index contributed by atoms with van der Waals surface area (Å²) in [7, 11) is -3.13. The van der Waals surface area contributed by atoms with Crippen LogP contribution in [0.15, 0.2) is 29.7 Å². The van der Waals surface area contributed by atoms with Gasteiger partial charge in [0.25, 0.3) is 0 Å². The van der Waals surface area contributed by atoms with Crippen molar-refractivity contribution in [3.05, 3.63) is 35.2 Å². The molecular weight excluding hydrogens is 207 g/mol. The van der Waals surface area contributed by atoms with Gasteiger partial charge >= 0.3 is 10.2 Å². The second-order valence-corrected chi connectivity index (χ2v) is 3.74. The number of halogens is 1. The third kappa shape index (κ3) is 3.18. The summed E-state index contributed by atoms with van der Waals surface area (Å²) in [5.74, 6) is 0.493. The third-order valence-electron chi connectivity index (χ3n) is 1.55. The Kier molecular flexibility index (Phi) is 3.24. The van der Waals surface area contributed by atoms with Gasteiger partial charge in [-0.1, -0.05) is 18.2 Å². The van der Waals surface area contributed by atoms with Crippen molar-refractivity contribution in [1.82, 2.24) is 0 Å². The lowest BCUT2D eigenvalue weighted by Crippen LogP contribution is -1.87. The Hall–Kier alpha value is -1.36. The molecule has 76 valence electrons. The molecule has 0 saturated carbocycles. The van der Waals surface area contributed by atoms with E-state index >= 15 is 0 Å². The first-order valence-corrected chi connectivity index (χ1v) is 5.23. The van der Waals surface area contributed by atoms with Crippen LogP contribution in [0.4, 0.5) is 3.89 Å². The van der Waals surface area contributed by atoms with E-state index < -0.39 is 10.2 Å². The Morgan fingerprint density at radius 2 is 2.00 bits per heavy atom. The van der Waals surface area contributed by atoms with Crippen molar-refractivity contribution in [2.24, 2.45) is 0 Å². The van der Waals surface area contributed by atoms with E-state index in [4.69, 9.17) is 4.74 Å². The predicted molar refractivity (Wildman–Crippen MR) is 52.1 cm³/mol. The van der Waals surface area contributed by atoms with Gasteiger partial charge in [-0.05, 0) is 12.1 Å². The number of hydrogen-bond acceptors (Lipinski definition) is 3. The highest BCUT2D eigenvalue weighted by Crippen LogP contribution is 2.19. The minimum absolute atomic E-state index is 0.491. The van der Waals surface area contributed by atoms with Gasteiger partial charge in [-0.3, -0.25) is 0 Å². The number of methoxy groups -OCH3 is 1. The molecule has 0 aliphatic rings.